The SMILES string of the molecule is CNC(=O)Cn1c(CCl)nc2cccc(C)c21. The van der Waals surface area contributed by atoms with Gasteiger partial charge in [0.1, 0.15) is 12.4 Å². The molecule has 0 bridgehead atoms. The number of halogens is 1. The fourth-order valence-electron chi connectivity index (χ4n) is 1.91. The maximum atomic E-state index is 11.5. The Balaban J connectivity index is 2.61. The highest BCUT2D eigenvalue weighted by molar-refractivity contribution is 6.16. The number of hydrogen-bond acceptors (Lipinski definition) is 2. The zero-order valence-corrected chi connectivity index (χ0v) is 10.6. The summed E-state index contributed by atoms with van der Waals surface area (Å²) in [6.07, 6.45) is 0. The lowest BCUT2D eigenvalue weighted by Gasteiger charge is -2.07. The summed E-state index contributed by atoms with van der Waals surface area (Å²) in [7, 11) is 1.62. The minimum absolute atomic E-state index is 0.0566. The van der Waals surface area contributed by atoms with Crippen molar-refractivity contribution in [1.29, 1.82) is 0 Å². The summed E-state index contributed by atoms with van der Waals surface area (Å²) in [5, 5.41) is 2.61. The normalized spacial score (nSPS) is 10.8. The van der Waals surface area contributed by atoms with Crippen LogP contribution in [-0.4, -0.2) is 22.5 Å². The van der Waals surface area contributed by atoms with E-state index in [1.165, 1.54) is 0 Å². The van der Waals surface area contributed by atoms with Crippen molar-refractivity contribution in [2.75, 3.05) is 7.05 Å². The van der Waals surface area contributed by atoms with Gasteiger partial charge >= 0.3 is 0 Å². The summed E-state index contributed by atoms with van der Waals surface area (Å²) in [4.78, 5) is 15.9. The number of imidazole rings is 1. The topological polar surface area (TPSA) is 46.9 Å². The standard InChI is InChI=1S/C12H14ClN3O/c1-8-4-3-5-9-12(8)16(7-11(17)14-2)10(6-13)15-9/h3-5H,6-7H2,1-2H3,(H,14,17). The summed E-state index contributed by atoms with van der Waals surface area (Å²) < 4.78 is 1.87. The van der Waals surface area contributed by atoms with Gasteiger partial charge in [0, 0.05) is 7.05 Å². The van der Waals surface area contributed by atoms with Gasteiger partial charge in [-0.15, -0.1) is 11.6 Å². The van der Waals surface area contributed by atoms with Gasteiger partial charge in [0.05, 0.1) is 16.9 Å². The van der Waals surface area contributed by atoms with Gasteiger partial charge in [-0.25, -0.2) is 4.98 Å². The molecule has 1 aromatic heterocycles. The first kappa shape index (κ1) is 11.9. The van der Waals surface area contributed by atoms with Gasteiger partial charge in [0.15, 0.2) is 0 Å². The van der Waals surface area contributed by atoms with Crippen LogP contribution in [0.4, 0.5) is 0 Å². The van der Waals surface area contributed by atoms with Crippen LogP contribution in [0.15, 0.2) is 18.2 Å². The molecule has 0 radical (unpaired) electrons. The molecular weight excluding hydrogens is 238 g/mol. The van der Waals surface area contributed by atoms with Gasteiger partial charge in [-0.2, -0.15) is 0 Å². The molecule has 0 saturated carbocycles. The van der Waals surface area contributed by atoms with Crippen molar-refractivity contribution in [2.24, 2.45) is 0 Å². The molecule has 0 unspecified atom stereocenters. The lowest BCUT2D eigenvalue weighted by atomic mass is 10.2. The molecule has 1 amide bonds. The molecule has 5 heteroatoms. The Hall–Kier alpha value is -1.55. The third-order valence-electron chi connectivity index (χ3n) is 2.75. The Morgan fingerprint density at radius 2 is 2.29 bits per heavy atom. The average molecular weight is 252 g/mol. The van der Waals surface area contributed by atoms with E-state index in [4.69, 9.17) is 11.6 Å². The van der Waals surface area contributed by atoms with Crippen LogP contribution in [0.25, 0.3) is 11.0 Å². The molecule has 0 fully saturated rings. The fourth-order valence-corrected chi connectivity index (χ4v) is 2.11. The van der Waals surface area contributed by atoms with Gasteiger partial charge < -0.3 is 9.88 Å². The third-order valence-corrected chi connectivity index (χ3v) is 2.99. The monoisotopic (exact) mass is 251 g/mol. The number of carbonyl (C=O) groups excluding carboxylic acids is 1. The molecule has 0 saturated heterocycles. The van der Waals surface area contributed by atoms with E-state index in [9.17, 15) is 4.79 Å². The number of alkyl halides is 1. The van der Waals surface area contributed by atoms with Crippen LogP contribution in [0.5, 0.6) is 0 Å². The lowest BCUT2D eigenvalue weighted by molar-refractivity contribution is -0.121. The van der Waals surface area contributed by atoms with E-state index < -0.39 is 0 Å². The second-order valence-electron chi connectivity index (χ2n) is 3.86. The van der Waals surface area contributed by atoms with Gasteiger partial charge in [0.2, 0.25) is 5.91 Å². The number of nitrogens with zero attached hydrogens (tertiary/aromatic N) is 2. The number of nitrogens with one attached hydrogen (secondary N) is 1. The molecule has 0 aliphatic heterocycles. The minimum atomic E-state index is -0.0566. The van der Waals surface area contributed by atoms with Crippen LogP contribution >= 0.6 is 11.6 Å². The molecule has 0 aliphatic rings. The second-order valence-corrected chi connectivity index (χ2v) is 4.13. The molecule has 17 heavy (non-hydrogen) atoms. The molecule has 2 rings (SSSR count). The Kier molecular flexibility index (Phi) is 3.33. The first-order valence-corrected chi connectivity index (χ1v) is 5.92. The maximum absolute atomic E-state index is 11.5. The van der Waals surface area contributed by atoms with Crippen LogP contribution in [0.3, 0.4) is 0 Å². The molecule has 1 heterocycles. The van der Waals surface area contributed by atoms with Crippen LogP contribution in [-0.2, 0) is 17.2 Å². The molecule has 1 aromatic carbocycles. The summed E-state index contributed by atoms with van der Waals surface area (Å²) in [5.74, 6) is 0.962. The molecular formula is C12H14ClN3O. The van der Waals surface area contributed by atoms with E-state index >= 15 is 0 Å². The Labute approximate surface area is 105 Å². The van der Waals surface area contributed by atoms with Crippen molar-refractivity contribution in [3.05, 3.63) is 29.6 Å². The zero-order valence-electron chi connectivity index (χ0n) is 9.83. The van der Waals surface area contributed by atoms with Crippen molar-refractivity contribution in [3.63, 3.8) is 0 Å². The summed E-state index contributed by atoms with van der Waals surface area (Å²) in [6.45, 7) is 2.25. The van der Waals surface area contributed by atoms with E-state index in [1.807, 2.05) is 29.7 Å². The Bertz CT molecular complexity index is 562. The van der Waals surface area contributed by atoms with E-state index in [0.29, 0.717) is 5.88 Å². The second kappa shape index (κ2) is 4.75. The number of carbonyl (C=O) groups is 1. The van der Waals surface area contributed by atoms with Gasteiger partial charge in [-0.1, -0.05) is 12.1 Å². The predicted molar refractivity (Wildman–Crippen MR) is 68.1 cm³/mol. The van der Waals surface area contributed by atoms with Gasteiger partial charge in [-0.3, -0.25) is 4.79 Å². The number of rotatable bonds is 3. The smallest absolute Gasteiger partial charge is 0.239 e. The first-order valence-electron chi connectivity index (χ1n) is 5.38. The molecule has 2 aromatic rings. The largest absolute Gasteiger partial charge is 0.358 e. The van der Waals surface area contributed by atoms with E-state index in [-0.39, 0.29) is 12.5 Å². The Morgan fingerprint density at radius 3 is 2.94 bits per heavy atom. The molecule has 0 spiro atoms. The van der Waals surface area contributed by atoms with Crippen LogP contribution in [0.1, 0.15) is 11.4 Å². The fraction of sp³-hybridized carbons (Fsp3) is 0.333. The molecule has 0 atom stereocenters. The molecule has 4 nitrogen and oxygen atoms in total. The number of amides is 1. The average Bonchev–Trinajstić information content (AvgIpc) is 2.68. The summed E-state index contributed by atoms with van der Waals surface area (Å²) in [6, 6.07) is 5.88. The van der Waals surface area contributed by atoms with Gasteiger partial charge in [0.25, 0.3) is 0 Å². The summed E-state index contributed by atoms with van der Waals surface area (Å²) in [5.41, 5.74) is 2.95. The number of likely N-dealkylation sites (N-methyl/N-ethyl adjacent to an activating group) is 1. The number of fused-ring (bicyclic) bond motifs is 1. The highest BCUT2D eigenvalue weighted by Crippen LogP contribution is 2.20. The molecule has 1 N–H and O–H groups in total. The van der Waals surface area contributed by atoms with Crippen LogP contribution in [0, 0.1) is 6.92 Å². The van der Waals surface area contributed by atoms with E-state index in [1.54, 1.807) is 7.05 Å². The van der Waals surface area contributed by atoms with Crippen molar-refractivity contribution < 1.29 is 4.79 Å². The maximum Gasteiger partial charge on any atom is 0.239 e. The number of para-hydroxylation sites is 1. The highest BCUT2D eigenvalue weighted by Gasteiger charge is 2.13. The van der Waals surface area contributed by atoms with Crippen molar-refractivity contribution in [1.82, 2.24) is 14.9 Å². The highest BCUT2D eigenvalue weighted by atomic mass is 35.5. The number of benzene rings is 1. The van der Waals surface area contributed by atoms with Crippen LogP contribution in [0.2, 0.25) is 0 Å². The number of hydrogen-bond donors (Lipinski definition) is 1. The van der Waals surface area contributed by atoms with E-state index in [2.05, 4.69) is 10.3 Å². The van der Waals surface area contributed by atoms with Crippen LogP contribution < -0.4 is 5.32 Å². The predicted octanol–water partition coefficient (Wildman–Crippen LogP) is 1.83. The van der Waals surface area contributed by atoms with Crippen molar-refractivity contribution in [3.8, 4) is 0 Å². The minimum Gasteiger partial charge on any atom is -0.358 e. The van der Waals surface area contributed by atoms with Crippen molar-refractivity contribution in [2.45, 2.75) is 19.3 Å². The third kappa shape index (κ3) is 2.13. The first-order chi connectivity index (χ1) is 8.17. The number of aromatic nitrogens is 2. The number of aryl methyl sites for hydroxylation is 1. The van der Waals surface area contributed by atoms with Crippen molar-refractivity contribution >= 4 is 28.5 Å². The van der Waals surface area contributed by atoms with E-state index in [0.717, 1.165) is 22.4 Å². The summed E-state index contributed by atoms with van der Waals surface area (Å²) >= 11 is 5.87. The Morgan fingerprint density at radius 1 is 1.53 bits per heavy atom. The van der Waals surface area contributed by atoms with Gasteiger partial charge in [-0.05, 0) is 18.6 Å². The zero-order chi connectivity index (χ0) is 12.4. The lowest BCUT2D eigenvalue weighted by Crippen LogP contribution is -2.24. The molecule has 0 aliphatic carbocycles. The quantitative estimate of drug-likeness (QED) is 0.846. The molecule has 90 valence electrons.